The van der Waals surface area contributed by atoms with Crippen LogP contribution in [0.4, 0.5) is 13.2 Å². The number of alkyl halides is 3. The molecule has 0 fully saturated rings. The van der Waals surface area contributed by atoms with Crippen LogP contribution in [0.15, 0.2) is 54.6 Å². The number of halogens is 3. The number of hydrogen-bond donors (Lipinski definition) is 0. The molecule has 2 rings (SSSR count). The first-order chi connectivity index (χ1) is 7.08. The van der Waals surface area contributed by atoms with E-state index < -0.39 is 12.6 Å². The Bertz CT molecular complexity index is 316. The van der Waals surface area contributed by atoms with Gasteiger partial charge in [-0.3, -0.25) is 0 Å². The maximum atomic E-state index is 11.6. The van der Waals surface area contributed by atoms with Gasteiger partial charge in [-0.25, -0.2) is 24.3 Å². The second-order valence-corrected chi connectivity index (χ2v) is 3.05. The summed E-state index contributed by atoms with van der Waals surface area (Å²) >= 11 is 0. The molecule has 0 amide bonds. The molecule has 0 aliphatic carbocycles. The Labute approximate surface area is 127 Å². The Balaban J connectivity index is -0.000000245. The van der Waals surface area contributed by atoms with E-state index in [1.54, 1.807) is 12.1 Å². The van der Waals surface area contributed by atoms with Crippen LogP contribution in [-0.2, 0) is 32.6 Å². The maximum absolute atomic E-state index is 11.6. The third kappa shape index (κ3) is 11.8. The van der Waals surface area contributed by atoms with E-state index in [0.717, 1.165) is 0 Å². The Morgan fingerprint density at radius 1 is 0.889 bits per heavy atom. The first kappa shape index (κ1) is 22.5. The van der Waals surface area contributed by atoms with Crippen molar-refractivity contribution in [2.75, 3.05) is 0 Å². The third-order valence-electron chi connectivity index (χ3n) is 1.69. The van der Waals surface area contributed by atoms with Gasteiger partial charge < -0.3 is 14.9 Å². The van der Waals surface area contributed by atoms with Crippen LogP contribution in [-0.4, -0.2) is 6.18 Å². The van der Waals surface area contributed by atoms with Crippen LogP contribution >= 0.6 is 0 Å². The molecule has 0 N–H and O–H groups in total. The molecular formula is C14H17F3Zr. The summed E-state index contributed by atoms with van der Waals surface area (Å²) in [5.74, 6) is 0. The molecule has 4 heteroatoms. The number of hydrogen-bond acceptors (Lipinski definition) is 0. The van der Waals surface area contributed by atoms with E-state index in [1.807, 2.05) is 30.3 Å². The smallest absolute Gasteiger partial charge is 0.358 e. The fraction of sp³-hybridized carbons (Fsp3) is 0.143. The van der Waals surface area contributed by atoms with E-state index in [4.69, 9.17) is 0 Å². The molecule has 0 aromatic heterocycles. The largest absolute Gasteiger partial charge is 4.00 e. The standard InChI is InChI=1S/C7H6F3.C5H5.2CH3.Zr/c8-7(9,10)5-6-3-1-2-4-6;1-2-4-5-3-1;;;/h1-4H,5H2;1-5H;2*1H3;/q4*-1;+4. The van der Waals surface area contributed by atoms with E-state index in [2.05, 4.69) is 0 Å². The molecule has 0 nitrogen and oxygen atoms in total. The fourth-order valence-electron chi connectivity index (χ4n) is 1.08. The van der Waals surface area contributed by atoms with Gasteiger partial charge in [-0.15, -0.1) is 5.56 Å². The predicted molar refractivity (Wildman–Crippen MR) is 66.7 cm³/mol. The molecule has 0 radical (unpaired) electrons. The van der Waals surface area contributed by atoms with Crippen LogP contribution in [0, 0.1) is 14.9 Å². The zero-order valence-electron chi connectivity index (χ0n) is 10.5. The molecule has 2 aromatic rings. The summed E-state index contributed by atoms with van der Waals surface area (Å²) in [6.45, 7) is 0. The summed E-state index contributed by atoms with van der Waals surface area (Å²) in [4.78, 5) is 0. The SMILES string of the molecule is FC(F)(F)C[c-]1cccc1.[CH3-].[CH3-].[Zr+4].c1cc[cH-]c1. The van der Waals surface area contributed by atoms with E-state index in [-0.39, 0.29) is 41.1 Å². The van der Waals surface area contributed by atoms with Gasteiger partial charge in [-0.05, 0) is 0 Å². The molecular weight excluding hydrogens is 316 g/mol. The zero-order chi connectivity index (χ0) is 11.1. The van der Waals surface area contributed by atoms with Gasteiger partial charge >= 0.3 is 32.4 Å². The Morgan fingerprint density at radius 2 is 1.33 bits per heavy atom. The average Bonchev–Trinajstić information content (AvgIpc) is 2.71. The van der Waals surface area contributed by atoms with Crippen molar-refractivity contribution >= 4 is 0 Å². The van der Waals surface area contributed by atoms with Crippen molar-refractivity contribution in [3.05, 3.63) is 75.0 Å². The second-order valence-electron chi connectivity index (χ2n) is 3.05. The van der Waals surface area contributed by atoms with E-state index in [1.165, 1.54) is 12.1 Å². The van der Waals surface area contributed by atoms with Crippen LogP contribution in [0.25, 0.3) is 0 Å². The molecule has 0 saturated carbocycles. The first-order valence-electron chi connectivity index (χ1n) is 4.52. The van der Waals surface area contributed by atoms with E-state index >= 15 is 0 Å². The molecule has 0 spiro atoms. The van der Waals surface area contributed by atoms with Gasteiger partial charge in [0.05, 0.1) is 0 Å². The molecule has 0 aliphatic heterocycles. The summed E-state index contributed by atoms with van der Waals surface area (Å²) in [5.41, 5.74) is 0.326. The third-order valence-corrected chi connectivity index (χ3v) is 1.69. The van der Waals surface area contributed by atoms with Crippen molar-refractivity contribution in [2.45, 2.75) is 12.6 Å². The molecule has 0 aliphatic rings. The Hall–Kier alpha value is -0.627. The summed E-state index contributed by atoms with van der Waals surface area (Å²) in [6.07, 6.45) is -4.89. The predicted octanol–water partition coefficient (Wildman–Crippen LogP) is 4.81. The van der Waals surface area contributed by atoms with Crippen LogP contribution in [0.3, 0.4) is 0 Å². The molecule has 0 bridgehead atoms. The van der Waals surface area contributed by atoms with Gasteiger partial charge in [0.1, 0.15) is 0 Å². The van der Waals surface area contributed by atoms with Crippen LogP contribution in [0.1, 0.15) is 5.56 Å². The normalized spacial score (nSPS) is 8.83. The molecule has 18 heavy (non-hydrogen) atoms. The van der Waals surface area contributed by atoms with Gasteiger partial charge in [-0.2, -0.15) is 43.5 Å². The Morgan fingerprint density at radius 3 is 1.61 bits per heavy atom. The second kappa shape index (κ2) is 11.5. The van der Waals surface area contributed by atoms with Gasteiger partial charge in [0.25, 0.3) is 0 Å². The zero-order valence-corrected chi connectivity index (χ0v) is 13.0. The van der Waals surface area contributed by atoms with E-state index in [0.29, 0.717) is 5.56 Å². The first-order valence-corrected chi connectivity index (χ1v) is 4.52. The summed E-state index contributed by atoms with van der Waals surface area (Å²) in [7, 11) is 0. The molecule has 0 heterocycles. The van der Waals surface area contributed by atoms with Crippen LogP contribution in [0.5, 0.6) is 0 Å². The Kier molecular flexibility index (Phi) is 14.4. The molecule has 98 valence electrons. The topological polar surface area (TPSA) is 0 Å². The van der Waals surface area contributed by atoms with Crippen molar-refractivity contribution in [2.24, 2.45) is 0 Å². The van der Waals surface area contributed by atoms with Crippen molar-refractivity contribution in [1.29, 1.82) is 0 Å². The molecule has 0 atom stereocenters. The minimum Gasteiger partial charge on any atom is -0.358 e. The minimum absolute atomic E-state index is 0. The molecule has 0 unspecified atom stereocenters. The van der Waals surface area contributed by atoms with Crippen molar-refractivity contribution in [3.63, 3.8) is 0 Å². The van der Waals surface area contributed by atoms with Gasteiger partial charge in [-0.1, -0.05) is 0 Å². The maximum Gasteiger partial charge on any atom is 4.00 e. The summed E-state index contributed by atoms with van der Waals surface area (Å²) in [5, 5.41) is 0. The van der Waals surface area contributed by atoms with Crippen molar-refractivity contribution in [1.82, 2.24) is 0 Å². The van der Waals surface area contributed by atoms with E-state index in [9.17, 15) is 13.2 Å². The summed E-state index contributed by atoms with van der Waals surface area (Å²) in [6, 6.07) is 16.1. The fourth-order valence-corrected chi connectivity index (χ4v) is 1.08. The van der Waals surface area contributed by atoms with Crippen LogP contribution < -0.4 is 0 Å². The molecule has 2 aromatic carbocycles. The monoisotopic (exact) mass is 332 g/mol. The summed E-state index contributed by atoms with van der Waals surface area (Å²) < 4.78 is 34.9. The average molecular weight is 334 g/mol. The van der Waals surface area contributed by atoms with Crippen LogP contribution in [0.2, 0.25) is 0 Å². The minimum atomic E-state index is -4.08. The van der Waals surface area contributed by atoms with Gasteiger partial charge in [0.2, 0.25) is 0 Å². The molecule has 0 saturated heterocycles. The van der Waals surface area contributed by atoms with Crippen molar-refractivity contribution in [3.8, 4) is 0 Å². The van der Waals surface area contributed by atoms with Gasteiger partial charge in [0.15, 0.2) is 0 Å². The quantitative estimate of drug-likeness (QED) is 0.657. The van der Waals surface area contributed by atoms with Gasteiger partial charge in [0, 0.05) is 6.42 Å². The number of rotatable bonds is 1. The van der Waals surface area contributed by atoms with Crippen molar-refractivity contribution < 1.29 is 39.4 Å².